The maximum atomic E-state index is 12.4. The summed E-state index contributed by atoms with van der Waals surface area (Å²) in [6.45, 7) is 1.43. The predicted molar refractivity (Wildman–Crippen MR) is 81.6 cm³/mol. The Morgan fingerprint density at radius 3 is 1.22 bits per heavy atom. The van der Waals surface area contributed by atoms with Crippen LogP contribution in [0.25, 0.3) is 0 Å². The number of alkyl halides is 10. The van der Waals surface area contributed by atoms with E-state index < -0.39 is 47.0 Å². The summed E-state index contributed by atoms with van der Waals surface area (Å²) in [7, 11) is -15.0. The zero-order valence-electron chi connectivity index (χ0n) is 14.8. The van der Waals surface area contributed by atoms with Crippen LogP contribution in [-0.4, -0.2) is 69.3 Å². The van der Waals surface area contributed by atoms with Crippen LogP contribution >= 0.6 is 0 Å². The molecule has 0 amide bonds. The average Bonchev–Trinajstić information content (AvgIpc) is 3.00. The Morgan fingerprint density at radius 2 is 1.00 bits per heavy atom. The van der Waals surface area contributed by atoms with Crippen molar-refractivity contribution in [2.45, 2.75) is 22.9 Å². The molecule has 0 spiro atoms. The van der Waals surface area contributed by atoms with Gasteiger partial charge in [0.25, 0.3) is 20.0 Å². The van der Waals surface area contributed by atoms with Crippen molar-refractivity contribution in [3.8, 4) is 12.1 Å². The van der Waals surface area contributed by atoms with Crippen LogP contribution in [0, 0.1) is 22.7 Å². The van der Waals surface area contributed by atoms with Crippen LogP contribution in [0.1, 0.15) is 0 Å². The van der Waals surface area contributed by atoms with Crippen LogP contribution in [-0.2, 0) is 20.0 Å². The van der Waals surface area contributed by atoms with Crippen LogP contribution in [0.5, 0.6) is 0 Å². The Hall–Kier alpha value is -2.52. The number of nitriles is 2. The molecule has 0 atom stereocenters. The van der Waals surface area contributed by atoms with E-state index >= 15 is 0 Å². The van der Waals surface area contributed by atoms with Gasteiger partial charge in [-0.15, -0.1) is 0 Å². The van der Waals surface area contributed by atoms with Crippen molar-refractivity contribution in [1.29, 1.82) is 10.5 Å². The lowest BCUT2D eigenvalue weighted by Gasteiger charge is -2.23. The number of hydrogen-bond acceptors (Lipinski definition) is 8. The Bertz CT molecular complexity index is 914. The highest BCUT2D eigenvalue weighted by molar-refractivity contribution is 8.05. The van der Waals surface area contributed by atoms with Crippen molar-refractivity contribution in [1.82, 2.24) is 13.9 Å². The number of sulfonamides is 2. The van der Waals surface area contributed by atoms with Crippen molar-refractivity contribution in [3.63, 3.8) is 0 Å². The third kappa shape index (κ3) is 6.49. The minimum Gasteiger partial charge on any atom is -0.345 e. The van der Waals surface area contributed by atoms with Gasteiger partial charge in [0.2, 0.25) is 0 Å². The van der Waals surface area contributed by atoms with Gasteiger partial charge in [-0.3, -0.25) is 0 Å². The van der Waals surface area contributed by atoms with Gasteiger partial charge in [-0.1, -0.05) is 4.13 Å². The topological polar surface area (TPSA) is 134 Å². The van der Waals surface area contributed by atoms with E-state index in [9.17, 15) is 60.7 Å². The van der Waals surface area contributed by atoms with Crippen molar-refractivity contribution in [3.05, 3.63) is 12.4 Å². The summed E-state index contributed by atoms with van der Waals surface area (Å²) in [5.74, 6) is 0. The maximum Gasteiger partial charge on any atom is 0.471 e. The lowest BCUT2D eigenvalue weighted by Crippen LogP contribution is -2.57. The van der Waals surface area contributed by atoms with E-state index in [-0.39, 0.29) is 0 Å². The Labute approximate surface area is 173 Å². The van der Waals surface area contributed by atoms with E-state index in [1.165, 1.54) is 0 Å². The van der Waals surface area contributed by atoms with Gasteiger partial charge < -0.3 is 9.80 Å². The van der Waals surface area contributed by atoms with Crippen LogP contribution in [0.3, 0.4) is 0 Å². The first kappa shape index (κ1) is 29.5. The first-order valence-electron chi connectivity index (χ1n) is 7.14. The normalized spacial score (nSPS) is 15.6. The molecule has 0 radical (unpaired) electrons. The summed E-state index contributed by atoms with van der Waals surface area (Å²) in [5.41, 5.74) is 0. The van der Waals surface area contributed by atoms with Gasteiger partial charge in [0.05, 0.1) is 18.8 Å². The van der Waals surface area contributed by atoms with Crippen molar-refractivity contribution >= 4 is 20.0 Å². The summed E-state index contributed by atoms with van der Waals surface area (Å²) in [6.07, 6.45) is -10.3. The van der Waals surface area contributed by atoms with Crippen molar-refractivity contribution in [2.75, 3.05) is 19.8 Å². The van der Waals surface area contributed by atoms with Gasteiger partial charge in [-0.25, -0.2) is 16.8 Å². The molecule has 1 aliphatic rings. The summed E-state index contributed by atoms with van der Waals surface area (Å²) < 4.78 is 160. The van der Waals surface area contributed by atoms with Gasteiger partial charge in [-0.05, 0) is 0 Å². The second-order valence-corrected chi connectivity index (χ2v) is 9.07. The van der Waals surface area contributed by atoms with Gasteiger partial charge in [-0.2, -0.15) is 54.4 Å². The molecule has 0 aromatic carbocycles. The van der Waals surface area contributed by atoms with E-state index in [0.29, 0.717) is 19.8 Å². The maximum absolute atomic E-state index is 12.4. The molecule has 1 rings (SSSR count). The quantitative estimate of drug-likeness (QED) is 0.406. The Balaban J connectivity index is 0.000000726. The molecule has 9 nitrogen and oxygen atoms in total. The molecule has 32 heavy (non-hydrogen) atoms. The van der Waals surface area contributed by atoms with E-state index in [1.807, 2.05) is 34.3 Å². The highest BCUT2D eigenvalue weighted by Gasteiger charge is 2.73. The number of rotatable bonds is 6. The monoisotopic (exact) mass is 529 g/mol. The summed E-state index contributed by atoms with van der Waals surface area (Å²) >= 11 is 0. The second kappa shape index (κ2) is 9.54. The molecule has 184 valence electrons. The highest BCUT2D eigenvalue weighted by atomic mass is 32.3. The van der Waals surface area contributed by atoms with Crippen LogP contribution in [0.4, 0.5) is 43.9 Å². The zero-order valence-corrected chi connectivity index (χ0v) is 16.4. The SMILES string of the molecule is N#CCN1C=CN(CC#N)C1.O=S(=O)(NS(=O)(=O)C(F)(F)C(F)(F)F)C(F)(F)C(F)(F)F. The lowest BCUT2D eigenvalue weighted by molar-refractivity contribution is -0.242. The lowest BCUT2D eigenvalue weighted by atomic mass is 10.6. The van der Waals surface area contributed by atoms with Crippen molar-refractivity contribution in [2.24, 2.45) is 0 Å². The Kier molecular flexibility index (Phi) is 8.79. The summed E-state index contributed by atoms with van der Waals surface area (Å²) in [5, 5.41) is 2.80. The van der Waals surface area contributed by atoms with E-state index in [1.54, 1.807) is 0 Å². The average molecular weight is 529 g/mol. The minimum atomic E-state index is -7.49. The first-order valence-corrected chi connectivity index (χ1v) is 10.1. The fourth-order valence-electron chi connectivity index (χ4n) is 1.46. The van der Waals surface area contributed by atoms with Gasteiger partial charge in [0, 0.05) is 12.4 Å². The fourth-order valence-corrected chi connectivity index (χ4v) is 4.06. The molecule has 0 aliphatic carbocycles. The molecule has 21 heteroatoms. The molecule has 0 fully saturated rings. The van der Waals surface area contributed by atoms with Crippen molar-refractivity contribution < 1.29 is 60.7 Å². The van der Waals surface area contributed by atoms with Gasteiger partial charge in [0.1, 0.15) is 13.1 Å². The molecule has 0 aromatic heterocycles. The molecule has 0 bridgehead atoms. The van der Waals surface area contributed by atoms with Crippen LogP contribution in [0.15, 0.2) is 12.4 Å². The fraction of sp³-hybridized carbons (Fsp3) is 0.636. The largest absolute Gasteiger partial charge is 0.471 e. The third-order valence-electron chi connectivity index (χ3n) is 2.95. The third-order valence-corrected chi connectivity index (χ3v) is 6.52. The smallest absolute Gasteiger partial charge is 0.345 e. The van der Waals surface area contributed by atoms with Crippen LogP contribution in [0.2, 0.25) is 0 Å². The molecular weight excluding hydrogens is 520 g/mol. The summed E-state index contributed by atoms with van der Waals surface area (Å²) in [4.78, 5) is 3.69. The molecule has 0 aromatic rings. The van der Waals surface area contributed by atoms with Gasteiger partial charge >= 0.3 is 22.9 Å². The molecule has 0 unspecified atom stereocenters. The molecule has 1 aliphatic heterocycles. The van der Waals surface area contributed by atoms with E-state index in [2.05, 4.69) is 0 Å². The molecule has 0 saturated carbocycles. The second-order valence-electron chi connectivity index (χ2n) is 5.37. The summed E-state index contributed by atoms with van der Waals surface area (Å²) in [6, 6.07) is 4.07. The first-order chi connectivity index (χ1) is 14.1. The number of nitrogens with one attached hydrogen (secondary N) is 1. The predicted octanol–water partition coefficient (Wildman–Crippen LogP) is 1.63. The standard InChI is InChI=1S/C7H8N4.C4HF10NO4S2/c8-1-3-10-5-6-11(7-10)4-2-9;5-1(6,7)3(11,12)20(16,17)15-21(18,19)4(13,14)2(8,9)10/h5-6H,3-4,7H2;15H. The van der Waals surface area contributed by atoms with Gasteiger partial charge in [0.15, 0.2) is 0 Å². The molecule has 0 saturated heterocycles. The number of halogens is 10. The number of nitrogens with zero attached hydrogens (tertiary/aromatic N) is 4. The molecule has 1 N–H and O–H groups in total. The number of hydrogen-bond donors (Lipinski definition) is 1. The molecular formula is C11H9F10N5O4S2. The highest BCUT2D eigenvalue weighted by Crippen LogP contribution is 2.43. The van der Waals surface area contributed by atoms with Crippen LogP contribution < -0.4 is 4.13 Å². The zero-order chi connectivity index (χ0) is 25.8. The van der Waals surface area contributed by atoms with E-state index in [0.717, 1.165) is 0 Å². The molecule has 1 heterocycles. The minimum absolute atomic E-state index is 0.387. The van der Waals surface area contributed by atoms with E-state index in [4.69, 9.17) is 10.5 Å². The Morgan fingerprint density at radius 1 is 0.719 bits per heavy atom.